The molecule has 3 unspecified atom stereocenters. The third kappa shape index (κ3) is 2.72. The molecule has 4 atom stereocenters. The Bertz CT molecular complexity index is 970. The van der Waals surface area contributed by atoms with E-state index >= 15 is 0 Å². The van der Waals surface area contributed by atoms with Crippen LogP contribution in [0.25, 0.3) is 0 Å². The second kappa shape index (κ2) is 5.99. The summed E-state index contributed by atoms with van der Waals surface area (Å²) in [4.78, 5) is 32.9. The van der Waals surface area contributed by atoms with Gasteiger partial charge in [0.2, 0.25) is 5.95 Å². The fourth-order valence-electron chi connectivity index (χ4n) is 5.06. The van der Waals surface area contributed by atoms with Crippen LogP contribution in [0.4, 0.5) is 24.9 Å². The number of anilines is 2. The minimum Gasteiger partial charge on any atom is -0.374 e. The van der Waals surface area contributed by atoms with Gasteiger partial charge in [-0.25, -0.2) is 0 Å². The van der Waals surface area contributed by atoms with Gasteiger partial charge < -0.3 is 14.5 Å². The highest BCUT2D eigenvalue weighted by molar-refractivity contribution is 5.88. The van der Waals surface area contributed by atoms with E-state index in [1.54, 1.807) is 20.8 Å². The Morgan fingerprint density at radius 1 is 1.33 bits per heavy atom. The zero-order chi connectivity index (χ0) is 21.6. The van der Waals surface area contributed by atoms with Gasteiger partial charge in [0.05, 0.1) is 24.8 Å². The van der Waals surface area contributed by atoms with Gasteiger partial charge in [-0.05, 0) is 12.8 Å². The summed E-state index contributed by atoms with van der Waals surface area (Å²) in [6, 6.07) is -0.448. The molecule has 4 aliphatic rings. The van der Waals surface area contributed by atoms with Gasteiger partial charge in [0.15, 0.2) is 5.78 Å². The predicted octanol–water partition coefficient (Wildman–Crippen LogP) is 1.98. The van der Waals surface area contributed by atoms with Crippen LogP contribution in [0.15, 0.2) is 10.9 Å². The normalized spacial score (nSPS) is 32.3. The number of aromatic nitrogens is 2. The number of ether oxygens (including phenoxy) is 1. The summed E-state index contributed by atoms with van der Waals surface area (Å²) < 4.78 is 48.4. The first-order valence-electron chi connectivity index (χ1n) is 10.3. The fraction of sp³-hybridized carbons (Fsp3) is 0.750. The highest BCUT2D eigenvalue weighted by Crippen LogP contribution is 2.63. The lowest BCUT2D eigenvalue weighted by Crippen LogP contribution is -2.63. The SMILES string of the molecule is CC(C)(C)C(=O)CN1c2nc(N3C[C@H]4OCC5CC543)cc(=O)n2CCC1C(F)(F)F. The molecule has 1 aromatic heterocycles. The fourth-order valence-corrected chi connectivity index (χ4v) is 5.06. The monoisotopic (exact) mass is 426 g/mol. The van der Waals surface area contributed by atoms with Gasteiger partial charge in [0.1, 0.15) is 11.9 Å². The van der Waals surface area contributed by atoms with Crippen molar-refractivity contribution in [3.05, 3.63) is 16.4 Å². The van der Waals surface area contributed by atoms with E-state index in [0.29, 0.717) is 24.9 Å². The Balaban J connectivity index is 1.55. The van der Waals surface area contributed by atoms with Gasteiger partial charge >= 0.3 is 6.18 Å². The summed E-state index contributed by atoms with van der Waals surface area (Å²) in [6.07, 6.45) is -3.77. The molecule has 10 heteroatoms. The summed E-state index contributed by atoms with van der Waals surface area (Å²) in [5.41, 5.74) is -1.34. The van der Waals surface area contributed by atoms with Gasteiger partial charge in [0.25, 0.3) is 5.56 Å². The largest absolute Gasteiger partial charge is 0.408 e. The molecular weight excluding hydrogens is 401 g/mol. The van der Waals surface area contributed by atoms with Crippen LogP contribution in [0, 0.1) is 11.3 Å². The maximum absolute atomic E-state index is 13.8. The number of hydrogen-bond donors (Lipinski definition) is 0. The van der Waals surface area contributed by atoms with Crippen LogP contribution in [0.1, 0.15) is 33.6 Å². The van der Waals surface area contributed by atoms with Crippen LogP contribution in [0.2, 0.25) is 0 Å². The average Bonchev–Trinajstić information content (AvgIpc) is 3.31. The quantitative estimate of drug-likeness (QED) is 0.737. The molecule has 0 N–H and O–H groups in total. The van der Waals surface area contributed by atoms with Crippen LogP contribution in [-0.2, 0) is 16.1 Å². The van der Waals surface area contributed by atoms with Crippen LogP contribution >= 0.6 is 0 Å². The van der Waals surface area contributed by atoms with Crippen molar-refractivity contribution < 1.29 is 22.7 Å². The number of halogens is 3. The lowest BCUT2D eigenvalue weighted by atomic mass is 9.90. The van der Waals surface area contributed by atoms with Crippen molar-refractivity contribution in [2.24, 2.45) is 11.3 Å². The van der Waals surface area contributed by atoms with E-state index in [-0.39, 0.29) is 41.9 Å². The first kappa shape index (κ1) is 19.8. The van der Waals surface area contributed by atoms with E-state index in [1.165, 1.54) is 10.6 Å². The van der Waals surface area contributed by atoms with Crippen LogP contribution in [-0.4, -0.2) is 58.9 Å². The molecule has 1 aromatic rings. The van der Waals surface area contributed by atoms with E-state index in [1.807, 2.05) is 4.90 Å². The van der Waals surface area contributed by atoms with Crippen molar-refractivity contribution in [3.63, 3.8) is 0 Å². The standard InChI is InChI=1S/C20H25F3N4O3/c1-18(2,3)13(28)8-26-12(20(21,22)23)4-5-25-16(29)6-15(24-17(25)26)27-9-14-19(27)7-11(19)10-30-14/h6,11-12,14H,4-5,7-10H2,1-3H3/t11?,12?,14-,19?/m1/s1. The summed E-state index contributed by atoms with van der Waals surface area (Å²) >= 11 is 0. The number of nitrogens with zero attached hydrogens (tertiary/aromatic N) is 4. The van der Waals surface area contributed by atoms with E-state index in [0.717, 1.165) is 11.3 Å². The van der Waals surface area contributed by atoms with Crippen molar-refractivity contribution in [2.45, 2.75) is 64.0 Å². The van der Waals surface area contributed by atoms with Gasteiger partial charge in [-0.1, -0.05) is 20.8 Å². The molecule has 3 fully saturated rings. The summed E-state index contributed by atoms with van der Waals surface area (Å²) in [5.74, 6) is 0.364. The molecule has 0 bridgehead atoms. The lowest BCUT2D eigenvalue weighted by molar-refractivity contribution is -0.153. The minimum atomic E-state index is -4.53. The number of fused-ring (bicyclic) bond motifs is 1. The molecule has 1 saturated carbocycles. The van der Waals surface area contributed by atoms with Gasteiger partial charge in [-0.2, -0.15) is 18.2 Å². The average molecular weight is 426 g/mol. The molecule has 2 saturated heterocycles. The highest BCUT2D eigenvalue weighted by Gasteiger charge is 2.74. The Morgan fingerprint density at radius 3 is 2.67 bits per heavy atom. The number of Topliss-reactive ketones (excluding diaryl/α,β-unsaturated/α-hetero) is 1. The molecule has 4 heterocycles. The van der Waals surface area contributed by atoms with E-state index in [9.17, 15) is 22.8 Å². The number of alkyl halides is 3. The van der Waals surface area contributed by atoms with Gasteiger partial charge in [-0.3, -0.25) is 14.2 Å². The first-order valence-corrected chi connectivity index (χ1v) is 10.3. The Labute approximate surface area is 171 Å². The van der Waals surface area contributed by atoms with Crippen molar-refractivity contribution in [3.8, 4) is 0 Å². The summed E-state index contributed by atoms with van der Waals surface area (Å²) in [7, 11) is 0. The Morgan fingerprint density at radius 2 is 2.07 bits per heavy atom. The van der Waals surface area contributed by atoms with Gasteiger partial charge in [0, 0.05) is 30.5 Å². The third-order valence-corrected chi connectivity index (χ3v) is 7.07. The molecule has 0 radical (unpaired) electrons. The third-order valence-electron chi connectivity index (χ3n) is 7.07. The molecule has 164 valence electrons. The number of hydrogen-bond acceptors (Lipinski definition) is 6. The summed E-state index contributed by atoms with van der Waals surface area (Å²) in [5, 5.41) is 0. The summed E-state index contributed by atoms with van der Waals surface area (Å²) in [6.45, 7) is 5.75. The van der Waals surface area contributed by atoms with E-state index < -0.39 is 24.2 Å². The number of carbonyl (C=O) groups excluding carboxylic acids is 1. The number of rotatable bonds is 3. The number of carbonyl (C=O) groups is 1. The molecule has 30 heavy (non-hydrogen) atoms. The Kier molecular flexibility index (Phi) is 3.96. The van der Waals surface area contributed by atoms with Crippen LogP contribution < -0.4 is 15.4 Å². The van der Waals surface area contributed by atoms with E-state index in [4.69, 9.17) is 4.74 Å². The molecule has 0 amide bonds. The molecular formula is C20H25F3N4O3. The zero-order valence-electron chi connectivity index (χ0n) is 17.2. The zero-order valence-corrected chi connectivity index (χ0v) is 17.2. The first-order chi connectivity index (χ1) is 13.9. The van der Waals surface area contributed by atoms with Crippen LogP contribution in [0.5, 0.6) is 0 Å². The van der Waals surface area contributed by atoms with Crippen molar-refractivity contribution in [2.75, 3.05) is 29.5 Å². The molecule has 1 aliphatic carbocycles. The molecule has 1 spiro atoms. The van der Waals surface area contributed by atoms with E-state index in [2.05, 4.69) is 4.98 Å². The Hall–Kier alpha value is -2.10. The molecule has 7 nitrogen and oxygen atoms in total. The topological polar surface area (TPSA) is 67.7 Å². The highest BCUT2D eigenvalue weighted by atomic mass is 19.4. The maximum Gasteiger partial charge on any atom is 0.408 e. The predicted molar refractivity (Wildman–Crippen MR) is 103 cm³/mol. The van der Waals surface area contributed by atoms with Crippen molar-refractivity contribution in [1.82, 2.24) is 9.55 Å². The minimum absolute atomic E-state index is 0.0698. The second-order valence-electron chi connectivity index (χ2n) is 9.88. The molecule has 3 aliphatic heterocycles. The molecule has 5 rings (SSSR count). The van der Waals surface area contributed by atoms with Crippen molar-refractivity contribution >= 4 is 17.5 Å². The smallest absolute Gasteiger partial charge is 0.374 e. The number of ketones is 1. The molecule has 0 aromatic carbocycles. The lowest BCUT2D eigenvalue weighted by Gasteiger charge is -2.48. The van der Waals surface area contributed by atoms with Crippen LogP contribution in [0.3, 0.4) is 0 Å². The van der Waals surface area contributed by atoms with Gasteiger partial charge in [-0.15, -0.1) is 0 Å². The maximum atomic E-state index is 13.8. The van der Waals surface area contributed by atoms with Crippen molar-refractivity contribution in [1.29, 1.82) is 0 Å². The second-order valence-corrected chi connectivity index (χ2v) is 9.88.